The summed E-state index contributed by atoms with van der Waals surface area (Å²) in [6.45, 7) is 2.14. The molecule has 0 aliphatic rings. The molecule has 4 rings (SSSR count). The van der Waals surface area contributed by atoms with Crippen molar-refractivity contribution in [2.45, 2.75) is 6.92 Å². The predicted octanol–water partition coefficient (Wildman–Crippen LogP) is 5.16. The van der Waals surface area contributed by atoms with E-state index < -0.39 is 0 Å². The van der Waals surface area contributed by atoms with Crippen molar-refractivity contribution >= 4 is 57.9 Å². The van der Waals surface area contributed by atoms with Gasteiger partial charge in [0.25, 0.3) is 0 Å². The molecule has 0 amide bonds. The summed E-state index contributed by atoms with van der Waals surface area (Å²) in [7, 11) is 0. The van der Waals surface area contributed by atoms with Crippen molar-refractivity contribution in [2.24, 2.45) is 0 Å². The second-order valence-corrected chi connectivity index (χ2v) is 6.72. The van der Waals surface area contributed by atoms with Crippen LogP contribution in [-0.4, -0.2) is 0 Å². The van der Waals surface area contributed by atoms with Gasteiger partial charge in [-0.15, -0.1) is 22.7 Å². The first kappa shape index (κ1) is 10.4. The molecule has 88 valence electrons. The molecule has 4 aromatic rings. The average molecular weight is 269 g/mol. The summed E-state index contributed by atoms with van der Waals surface area (Å²) < 4.78 is 5.47. The van der Waals surface area contributed by atoms with E-state index in [0.29, 0.717) is 0 Å². The topological polar surface area (TPSA) is 26.0 Å². The van der Waals surface area contributed by atoms with E-state index in [4.69, 9.17) is 5.73 Å². The number of benzene rings is 2. The highest BCUT2D eigenvalue weighted by Crippen LogP contribution is 2.44. The molecule has 18 heavy (non-hydrogen) atoms. The molecule has 3 heteroatoms. The second kappa shape index (κ2) is 3.46. The lowest BCUT2D eigenvalue weighted by molar-refractivity contribution is 1.52. The number of fused-ring (bicyclic) bond motifs is 5. The number of nitrogen functional groups attached to an aromatic ring is 1. The van der Waals surface area contributed by atoms with Crippen LogP contribution in [0, 0.1) is 6.92 Å². The first-order chi connectivity index (χ1) is 8.72. The lowest BCUT2D eigenvalue weighted by Crippen LogP contribution is -1.80. The van der Waals surface area contributed by atoms with E-state index in [1.807, 2.05) is 28.7 Å². The Morgan fingerprint density at radius 2 is 1.44 bits per heavy atom. The molecular weight excluding hydrogens is 258 g/mol. The van der Waals surface area contributed by atoms with Crippen LogP contribution in [-0.2, 0) is 0 Å². The van der Waals surface area contributed by atoms with Crippen molar-refractivity contribution in [3.8, 4) is 0 Å². The van der Waals surface area contributed by atoms with E-state index in [0.717, 1.165) is 5.69 Å². The summed E-state index contributed by atoms with van der Waals surface area (Å²) in [5.41, 5.74) is 8.03. The van der Waals surface area contributed by atoms with Crippen LogP contribution in [0.2, 0.25) is 0 Å². The van der Waals surface area contributed by atoms with Crippen molar-refractivity contribution in [3.63, 3.8) is 0 Å². The number of nitrogens with two attached hydrogens (primary N) is 1. The molecule has 2 N–H and O–H groups in total. The number of hydrogen-bond donors (Lipinski definition) is 1. The molecule has 0 aliphatic carbocycles. The molecule has 0 fully saturated rings. The molecule has 0 saturated carbocycles. The van der Waals surface area contributed by atoms with Gasteiger partial charge in [-0.3, -0.25) is 0 Å². The third-order valence-electron chi connectivity index (χ3n) is 3.26. The first-order valence-corrected chi connectivity index (χ1v) is 7.46. The van der Waals surface area contributed by atoms with Crippen LogP contribution in [0.3, 0.4) is 0 Å². The molecule has 0 atom stereocenters. The van der Waals surface area contributed by atoms with E-state index in [1.54, 1.807) is 0 Å². The summed E-state index contributed by atoms with van der Waals surface area (Å²) in [5.74, 6) is 0. The van der Waals surface area contributed by atoms with E-state index >= 15 is 0 Å². The summed E-state index contributed by atoms with van der Waals surface area (Å²) in [6, 6.07) is 12.9. The first-order valence-electron chi connectivity index (χ1n) is 5.83. The average Bonchev–Trinajstić information content (AvgIpc) is 2.83. The number of anilines is 1. The summed E-state index contributed by atoms with van der Waals surface area (Å²) in [6.07, 6.45) is 0. The maximum absolute atomic E-state index is 5.86. The molecule has 2 aromatic carbocycles. The lowest BCUT2D eigenvalue weighted by Gasteiger charge is -1.93. The fourth-order valence-corrected chi connectivity index (χ4v) is 5.18. The molecular formula is C15H11NS2. The van der Waals surface area contributed by atoms with E-state index in [-0.39, 0.29) is 0 Å². The summed E-state index contributed by atoms with van der Waals surface area (Å²) in [4.78, 5) is 0. The Labute approximate surface area is 112 Å². The van der Waals surface area contributed by atoms with E-state index in [2.05, 4.69) is 37.3 Å². The van der Waals surface area contributed by atoms with Crippen molar-refractivity contribution < 1.29 is 0 Å². The monoisotopic (exact) mass is 269 g/mol. The fourth-order valence-electron chi connectivity index (χ4n) is 2.38. The number of thiophene rings is 2. The fraction of sp³-hybridized carbons (Fsp3) is 0.0667. The highest BCUT2D eigenvalue weighted by atomic mass is 32.1. The van der Waals surface area contributed by atoms with Crippen molar-refractivity contribution in [2.75, 3.05) is 5.73 Å². The van der Waals surface area contributed by atoms with Crippen molar-refractivity contribution in [3.05, 3.63) is 42.0 Å². The maximum atomic E-state index is 5.86. The molecule has 0 bridgehead atoms. The van der Waals surface area contributed by atoms with Gasteiger partial charge >= 0.3 is 0 Å². The van der Waals surface area contributed by atoms with Gasteiger partial charge in [0, 0.05) is 25.9 Å². The quantitative estimate of drug-likeness (QED) is 0.438. The third kappa shape index (κ3) is 1.32. The van der Waals surface area contributed by atoms with Gasteiger partial charge in [-0.1, -0.05) is 18.2 Å². The Morgan fingerprint density at radius 3 is 2.17 bits per heavy atom. The van der Waals surface area contributed by atoms with Gasteiger partial charge in [-0.25, -0.2) is 0 Å². The minimum Gasteiger partial charge on any atom is -0.399 e. The number of aryl methyl sites for hydroxylation is 1. The van der Waals surface area contributed by atoms with Gasteiger partial charge in [-0.2, -0.15) is 0 Å². The largest absolute Gasteiger partial charge is 0.399 e. The zero-order valence-corrected chi connectivity index (χ0v) is 11.5. The highest BCUT2D eigenvalue weighted by molar-refractivity contribution is 7.36. The lowest BCUT2D eigenvalue weighted by atomic mass is 10.2. The second-order valence-electron chi connectivity index (χ2n) is 4.62. The molecule has 2 aromatic heterocycles. The van der Waals surface area contributed by atoms with Crippen molar-refractivity contribution in [1.29, 1.82) is 0 Å². The molecule has 1 nitrogen and oxygen atoms in total. The standard InChI is InChI=1S/C15H11NS2/c1-8-2-4-10-12(6-8)17-15-11-5-3-9(16)7-13(11)18-14(10)15/h2-7H,16H2,1H3. The smallest absolute Gasteiger partial charge is 0.0542 e. The predicted molar refractivity (Wildman–Crippen MR) is 83.9 cm³/mol. The minimum absolute atomic E-state index is 0.844. The summed E-state index contributed by atoms with van der Waals surface area (Å²) >= 11 is 3.74. The van der Waals surface area contributed by atoms with Gasteiger partial charge < -0.3 is 5.73 Å². The summed E-state index contributed by atoms with van der Waals surface area (Å²) in [5, 5.41) is 2.71. The normalized spacial score (nSPS) is 11.8. The van der Waals surface area contributed by atoms with E-state index in [9.17, 15) is 0 Å². The van der Waals surface area contributed by atoms with Crippen LogP contribution in [0.15, 0.2) is 36.4 Å². The van der Waals surface area contributed by atoms with Crippen LogP contribution in [0.25, 0.3) is 29.6 Å². The van der Waals surface area contributed by atoms with Gasteiger partial charge in [-0.05, 0) is 30.7 Å². The van der Waals surface area contributed by atoms with Crippen LogP contribution in [0.4, 0.5) is 5.69 Å². The van der Waals surface area contributed by atoms with Gasteiger partial charge in [0.2, 0.25) is 0 Å². The molecule has 2 heterocycles. The van der Waals surface area contributed by atoms with Gasteiger partial charge in [0.05, 0.1) is 9.40 Å². The van der Waals surface area contributed by atoms with Crippen LogP contribution in [0.5, 0.6) is 0 Å². The third-order valence-corrected chi connectivity index (χ3v) is 5.76. The minimum atomic E-state index is 0.844. The maximum Gasteiger partial charge on any atom is 0.0542 e. The zero-order valence-electron chi connectivity index (χ0n) is 9.86. The Kier molecular flexibility index (Phi) is 1.99. The van der Waals surface area contributed by atoms with Crippen molar-refractivity contribution in [1.82, 2.24) is 0 Å². The Balaban J connectivity index is 2.23. The Morgan fingerprint density at radius 1 is 0.833 bits per heavy atom. The molecule has 0 spiro atoms. The molecule has 0 saturated heterocycles. The highest BCUT2D eigenvalue weighted by Gasteiger charge is 2.11. The molecule has 0 unspecified atom stereocenters. The van der Waals surface area contributed by atoms with Gasteiger partial charge in [0.1, 0.15) is 0 Å². The van der Waals surface area contributed by atoms with E-state index in [1.165, 1.54) is 35.1 Å². The Hall–Kier alpha value is -1.58. The van der Waals surface area contributed by atoms with Crippen LogP contribution >= 0.6 is 22.7 Å². The zero-order chi connectivity index (χ0) is 12.3. The number of hydrogen-bond acceptors (Lipinski definition) is 3. The van der Waals surface area contributed by atoms with Crippen LogP contribution < -0.4 is 5.73 Å². The molecule has 0 aliphatic heterocycles. The number of rotatable bonds is 0. The molecule has 0 radical (unpaired) electrons. The Bertz CT molecular complexity index is 823. The SMILES string of the molecule is Cc1ccc2c(c1)sc1c3ccc(N)cc3sc21. The van der Waals surface area contributed by atoms with Gasteiger partial charge in [0.15, 0.2) is 0 Å². The van der Waals surface area contributed by atoms with Crippen LogP contribution in [0.1, 0.15) is 5.56 Å².